The highest BCUT2D eigenvalue weighted by Gasteiger charge is 2.19. The SMILES string of the molecule is Cl.O=C(c1ccc(CCNS(=O)(=O)c2ccccc2)cc1)N1CCCC1. The van der Waals surface area contributed by atoms with E-state index >= 15 is 0 Å². The van der Waals surface area contributed by atoms with Gasteiger partial charge in [-0.25, -0.2) is 13.1 Å². The quantitative estimate of drug-likeness (QED) is 0.819. The van der Waals surface area contributed by atoms with Crippen molar-refractivity contribution < 1.29 is 13.2 Å². The highest BCUT2D eigenvalue weighted by Crippen LogP contribution is 2.14. The van der Waals surface area contributed by atoms with Gasteiger partial charge in [0.25, 0.3) is 5.91 Å². The molecule has 1 amide bonds. The first-order valence-corrected chi connectivity index (χ1v) is 9.97. The van der Waals surface area contributed by atoms with Gasteiger partial charge in [-0.15, -0.1) is 12.4 Å². The van der Waals surface area contributed by atoms with E-state index in [0.29, 0.717) is 18.5 Å². The first-order chi connectivity index (χ1) is 12.1. The molecule has 1 heterocycles. The van der Waals surface area contributed by atoms with Crippen molar-refractivity contribution in [2.24, 2.45) is 0 Å². The summed E-state index contributed by atoms with van der Waals surface area (Å²) in [4.78, 5) is 14.4. The molecule has 2 aromatic rings. The van der Waals surface area contributed by atoms with Crippen LogP contribution in [0.25, 0.3) is 0 Å². The van der Waals surface area contributed by atoms with Gasteiger partial charge in [0.05, 0.1) is 4.90 Å². The molecule has 0 unspecified atom stereocenters. The number of nitrogens with zero attached hydrogens (tertiary/aromatic N) is 1. The second-order valence-corrected chi connectivity index (χ2v) is 7.92. The Morgan fingerprint density at radius 2 is 1.58 bits per heavy atom. The number of halogens is 1. The van der Waals surface area contributed by atoms with E-state index in [0.717, 1.165) is 31.5 Å². The number of hydrogen-bond acceptors (Lipinski definition) is 3. The Kier molecular flexibility index (Phi) is 7.20. The molecule has 1 aliphatic heterocycles. The Morgan fingerprint density at radius 3 is 2.19 bits per heavy atom. The highest BCUT2D eigenvalue weighted by molar-refractivity contribution is 7.89. The van der Waals surface area contributed by atoms with Crippen LogP contribution in [0, 0.1) is 0 Å². The predicted molar refractivity (Wildman–Crippen MR) is 104 cm³/mol. The molecule has 0 spiro atoms. The Labute approximate surface area is 160 Å². The van der Waals surface area contributed by atoms with E-state index in [9.17, 15) is 13.2 Å². The van der Waals surface area contributed by atoms with Gasteiger partial charge in [0.2, 0.25) is 10.0 Å². The number of carbonyl (C=O) groups is 1. The first-order valence-electron chi connectivity index (χ1n) is 8.49. The van der Waals surface area contributed by atoms with Crippen molar-refractivity contribution in [1.29, 1.82) is 0 Å². The van der Waals surface area contributed by atoms with E-state index in [4.69, 9.17) is 0 Å². The van der Waals surface area contributed by atoms with Crippen molar-refractivity contribution in [3.05, 3.63) is 65.7 Å². The molecule has 1 N–H and O–H groups in total. The monoisotopic (exact) mass is 394 g/mol. The third-order valence-corrected chi connectivity index (χ3v) is 5.83. The maximum atomic E-state index is 12.3. The van der Waals surface area contributed by atoms with Gasteiger partial charge in [-0.2, -0.15) is 0 Å². The summed E-state index contributed by atoms with van der Waals surface area (Å²) in [6, 6.07) is 15.7. The third kappa shape index (κ3) is 5.06. The second kappa shape index (κ2) is 9.16. The van der Waals surface area contributed by atoms with Crippen LogP contribution < -0.4 is 4.72 Å². The number of likely N-dealkylation sites (tertiary alicyclic amines) is 1. The Hall–Kier alpha value is -1.89. The van der Waals surface area contributed by atoms with E-state index in [1.54, 1.807) is 30.3 Å². The lowest BCUT2D eigenvalue weighted by Gasteiger charge is -2.15. The lowest BCUT2D eigenvalue weighted by Crippen LogP contribution is -2.27. The number of amides is 1. The summed E-state index contributed by atoms with van der Waals surface area (Å²) in [6.07, 6.45) is 2.72. The molecule has 0 bridgehead atoms. The minimum Gasteiger partial charge on any atom is -0.339 e. The van der Waals surface area contributed by atoms with Crippen LogP contribution in [0.2, 0.25) is 0 Å². The Morgan fingerprint density at radius 1 is 0.962 bits per heavy atom. The van der Waals surface area contributed by atoms with Crippen LogP contribution >= 0.6 is 12.4 Å². The molecule has 0 radical (unpaired) electrons. The van der Waals surface area contributed by atoms with E-state index in [1.807, 2.05) is 29.2 Å². The molecular formula is C19H23ClN2O3S. The number of nitrogens with one attached hydrogen (secondary N) is 1. The highest BCUT2D eigenvalue weighted by atomic mass is 35.5. The van der Waals surface area contributed by atoms with Crippen molar-refractivity contribution >= 4 is 28.3 Å². The fraction of sp³-hybridized carbons (Fsp3) is 0.316. The molecule has 0 aromatic heterocycles. The lowest BCUT2D eigenvalue weighted by molar-refractivity contribution is 0.0793. The van der Waals surface area contributed by atoms with Crippen molar-refractivity contribution in [3.8, 4) is 0 Å². The second-order valence-electron chi connectivity index (χ2n) is 6.16. The zero-order chi connectivity index (χ0) is 17.7. The van der Waals surface area contributed by atoms with Crippen LogP contribution in [0.5, 0.6) is 0 Å². The van der Waals surface area contributed by atoms with Crippen molar-refractivity contribution in [2.45, 2.75) is 24.2 Å². The summed E-state index contributed by atoms with van der Waals surface area (Å²) >= 11 is 0. The molecular weight excluding hydrogens is 372 g/mol. The molecule has 1 fully saturated rings. The van der Waals surface area contributed by atoms with Gasteiger partial charge in [0.15, 0.2) is 0 Å². The first kappa shape index (κ1) is 20.4. The minimum absolute atomic E-state index is 0. The summed E-state index contributed by atoms with van der Waals surface area (Å²) < 4.78 is 26.9. The summed E-state index contributed by atoms with van der Waals surface area (Å²) in [5.74, 6) is 0.0776. The molecule has 5 nitrogen and oxygen atoms in total. The van der Waals surface area contributed by atoms with Crippen LogP contribution in [0.3, 0.4) is 0 Å². The van der Waals surface area contributed by atoms with Crippen LogP contribution in [0.15, 0.2) is 59.5 Å². The van der Waals surface area contributed by atoms with Gasteiger partial charge in [-0.1, -0.05) is 30.3 Å². The third-order valence-electron chi connectivity index (χ3n) is 4.35. The Bertz CT molecular complexity index is 818. The average Bonchev–Trinajstić information content (AvgIpc) is 3.17. The molecule has 140 valence electrons. The van der Waals surface area contributed by atoms with Gasteiger partial charge < -0.3 is 4.90 Å². The van der Waals surface area contributed by atoms with Gasteiger partial charge in [0.1, 0.15) is 0 Å². The predicted octanol–water partition coefficient (Wildman–Crippen LogP) is 2.87. The summed E-state index contributed by atoms with van der Waals surface area (Å²) in [5.41, 5.74) is 1.68. The molecule has 7 heteroatoms. The van der Waals surface area contributed by atoms with Crippen molar-refractivity contribution in [3.63, 3.8) is 0 Å². The number of benzene rings is 2. The van der Waals surface area contributed by atoms with E-state index in [-0.39, 0.29) is 23.2 Å². The van der Waals surface area contributed by atoms with Crippen LogP contribution in [0.1, 0.15) is 28.8 Å². The fourth-order valence-electron chi connectivity index (χ4n) is 2.93. The van der Waals surface area contributed by atoms with Crippen LogP contribution in [-0.2, 0) is 16.4 Å². The van der Waals surface area contributed by atoms with Gasteiger partial charge in [-0.3, -0.25) is 4.79 Å². The number of rotatable bonds is 6. The summed E-state index contributed by atoms with van der Waals surface area (Å²) in [7, 11) is -3.47. The zero-order valence-electron chi connectivity index (χ0n) is 14.4. The lowest BCUT2D eigenvalue weighted by atomic mass is 10.1. The molecule has 3 rings (SSSR count). The van der Waals surface area contributed by atoms with Gasteiger partial charge in [0, 0.05) is 25.2 Å². The zero-order valence-corrected chi connectivity index (χ0v) is 16.1. The molecule has 26 heavy (non-hydrogen) atoms. The fourth-order valence-corrected chi connectivity index (χ4v) is 3.98. The number of carbonyl (C=O) groups excluding carboxylic acids is 1. The largest absolute Gasteiger partial charge is 0.339 e. The Balaban J connectivity index is 0.00000243. The standard InChI is InChI=1S/C19H22N2O3S.ClH/c22-19(21-14-4-5-15-21)17-10-8-16(9-11-17)12-13-20-25(23,24)18-6-2-1-3-7-18;/h1-3,6-11,20H,4-5,12-15H2;1H. The van der Waals surface area contributed by atoms with Gasteiger partial charge >= 0.3 is 0 Å². The maximum Gasteiger partial charge on any atom is 0.253 e. The minimum atomic E-state index is -3.47. The van der Waals surface area contributed by atoms with Crippen molar-refractivity contribution in [2.75, 3.05) is 19.6 Å². The van der Waals surface area contributed by atoms with Gasteiger partial charge in [-0.05, 0) is 49.1 Å². The van der Waals surface area contributed by atoms with Crippen LogP contribution in [0.4, 0.5) is 0 Å². The summed E-state index contributed by atoms with van der Waals surface area (Å²) in [5, 5.41) is 0. The average molecular weight is 395 g/mol. The normalized spacial score (nSPS) is 14.1. The molecule has 0 aliphatic carbocycles. The van der Waals surface area contributed by atoms with Crippen LogP contribution in [-0.4, -0.2) is 38.9 Å². The van der Waals surface area contributed by atoms with E-state index < -0.39 is 10.0 Å². The topological polar surface area (TPSA) is 66.5 Å². The molecule has 2 aromatic carbocycles. The van der Waals surface area contributed by atoms with E-state index in [2.05, 4.69) is 4.72 Å². The molecule has 0 atom stereocenters. The molecule has 1 saturated heterocycles. The maximum absolute atomic E-state index is 12.3. The van der Waals surface area contributed by atoms with E-state index in [1.165, 1.54) is 0 Å². The number of hydrogen-bond donors (Lipinski definition) is 1. The molecule has 1 aliphatic rings. The van der Waals surface area contributed by atoms with Crippen molar-refractivity contribution in [1.82, 2.24) is 9.62 Å². The summed E-state index contributed by atoms with van der Waals surface area (Å²) in [6.45, 7) is 1.99. The smallest absolute Gasteiger partial charge is 0.253 e. The number of sulfonamides is 1. The molecule has 0 saturated carbocycles.